The maximum absolute atomic E-state index is 13.0. The topological polar surface area (TPSA) is 89.3 Å². The van der Waals surface area contributed by atoms with Crippen LogP contribution in [0.3, 0.4) is 0 Å². The van der Waals surface area contributed by atoms with E-state index in [2.05, 4.69) is 15.4 Å². The number of piperidine rings is 1. The average molecular weight is 468 g/mol. The van der Waals surface area contributed by atoms with E-state index in [-0.39, 0.29) is 17.8 Å². The van der Waals surface area contributed by atoms with Crippen LogP contribution in [0.1, 0.15) is 57.0 Å². The first-order valence-corrected chi connectivity index (χ1v) is 11.0. The van der Waals surface area contributed by atoms with Gasteiger partial charge in [-0.05, 0) is 45.7 Å². The van der Waals surface area contributed by atoms with Crippen molar-refractivity contribution in [3.63, 3.8) is 0 Å². The number of hydrogen-bond donors (Lipinski definition) is 1. The van der Waals surface area contributed by atoms with Crippen LogP contribution in [-0.4, -0.2) is 56.4 Å². The van der Waals surface area contributed by atoms with Crippen LogP contribution in [0.5, 0.6) is 0 Å². The number of rotatable bonds is 4. The third-order valence-electron chi connectivity index (χ3n) is 4.83. The number of amides is 2. The van der Waals surface area contributed by atoms with Crippen molar-refractivity contribution in [2.45, 2.75) is 58.6 Å². The molecule has 0 spiro atoms. The number of halogens is 2. The summed E-state index contributed by atoms with van der Waals surface area (Å²) in [5.41, 5.74) is -0.0400. The number of aromatic nitrogens is 3. The van der Waals surface area contributed by atoms with E-state index in [1.165, 1.54) is 4.68 Å². The van der Waals surface area contributed by atoms with Crippen LogP contribution in [0.15, 0.2) is 18.2 Å². The van der Waals surface area contributed by atoms with E-state index in [9.17, 15) is 9.59 Å². The number of nitrogens with one attached hydrogen (secondary N) is 1. The fraction of sp³-hybridized carbons (Fsp3) is 0.524. The van der Waals surface area contributed by atoms with Gasteiger partial charge in [0.05, 0.1) is 10.0 Å². The molecule has 0 unspecified atom stereocenters. The molecule has 1 aliphatic rings. The quantitative estimate of drug-likeness (QED) is 0.724. The van der Waals surface area contributed by atoms with E-state index in [4.69, 9.17) is 27.9 Å². The Morgan fingerprint density at radius 2 is 1.81 bits per heavy atom. The Hall–Kier alpha value is -2.32. The molecule has 31 heavy (non-hydrogen) atoms. The summed E-state index contributed by atoms with van der Waals surface area (Å²) in [6, 6.07) is 5.14. The van der Waals surface area contributed by atoms with Gasteiger partial charge in [0.15, 0.2) is 0 Å². The molecule has 1 N–H and O–H groups in total. The molecule has 1 aliphatic heterocycles. The Bertz CT molecular complexity index is 942. The van der Waals surface area contributed by atoms with Gasteiger partial charge in [-0.3, -0.25) is 4.79 Å². The molecule has 2 heterocycles. The van der Waals surface area contributed by atoms with Gasteiger partial charge in [-0.2, -0.15) is 0 Å². The zero-order valence-electron chi connectivity index (χ0n) is 18.1. The van der Waals surface area contributed by atoms with Gasteiger partial charge in [0.2, 0.25) is 5.82 Å². The van der Waals surface area contributed by atoms with E-state index < -0.39 is 11.7 Å². The monoisotopic (exact) mass is 467 g/mol. The Labute approximate surface area is 191 Å². The lowest BCUT2D eigenvalue weighted by molar-refractivity contribution is 0.0472. The summed E-state index contributed by atoms with van der Waals surface area (Å²) in [5, 5.41) is 8.14. The van der Waals surface area contributed by atoms with Crippen LogP contribution in [0.4, 0.5) is 4.79 Å². The van der Waals surface area contributed by atoms with Gasteiger partial charge < -0.3 is 15.0 Å². The Kier molecular flexibility index (Phi) is 7.11. The number of aryl methyl sites for hydroxylation is 1. The number of hydrogen-bond acceptors (Lipinski definition) is 5. The van der Waals surface area contributed by atoms with Crippen LogP contribution in [0, 0.1) is 0 Å². The molecule has 0 atom stereocenters. The van der Waals surface area contributed by atoms with Crippen molar-refractivity contribution in [1.29, 1.82) is 0 Å². The van der Waals surface area contributed by atoms with Gasteiger partial charge in [0.1, 0.15) is 17.1 Å². The number of alkyl carbamates (subject to hydrolysis) is 1. The first kappa shape index (κ1) is 23.3. The van der Waals surface area contributed by atoms with Crippen molar-refractivity contribution in [3.05, 3.63) is 39.9 Å². The lowest BCUT2D eigenvalue weighted by Crippen LogP contribution is -2.47. The molecule has 168 valence electrons. The highest BCUT2D eigenvalue weighted by molar-refractivity contribution is 6.37. The molecule has 8 nitrogen and oxygen atoms in total. The van der Waals surface area contributed by atoms with Crippen LogP contribution in [-0.2, 0) is 11.2 Å². The van der Waals surface area contributed by atoms with Gasteiger partial charge in [-0.1, -0.05) is 36.2 Å². The van der Waals surface area contributed by atoms with Gasteiger partial charge in [-0.25, -0.2) is 14.5 Å². The molecule has 2 aromatic rings. The molecular formula is C21H27Cl2N5O3. The van der Waals surface area contributed by atoms with Gasteiger partial charge in [-0.15, -0.1) is 5.10 Å². The van der Waals surface area contributed by atoms with Gasteiger partial charge in [0.25, 0.3) is 5.91 Å². The number of likely N-dealkylation sites (tertiary alicyclic amines) is 1. The Morgan fingerprint density at radius 1 is 1.19 bits per heavy atom. The van der Waals surface area contributed by atoms with E-state index >= 15 is 0 Å². The number of nitrogens with zero attached hydrogens (tertiary/aromatic N) is 4. The molecule has 1 aromatic carbocycles. The van der Waals surface area contributed by atoms with Gasteiger partial charge >= 0.3 is 6.09 Å². The lowest BCUT2D eigenvalue weighted by Gasteiger charge is -2.32. The molecular weight excluding hydrogens is 441 g/mol. The van der Waals surface area contributed by atoms with Crippen molar-refractivity contribution >= 4 is 35.2 Å². The molecule has 0 aliphatic carbocycles. The first-order chi connectivity index (χ1) is 14.6. The zero-order chi connectivity index (χ0) is 22.8. The van der Waals surface area contributed by atoms with Crippen LogP contribution in [0.25, 0.3) is 5.69 Å². The number of para-hydroxylation sites is 1. The maximum Gasteiger partial charge on any atom is 0.407 e. The SMILES string of the molecule is CCc1nc(C(=O)N2CCC(NC(=O)OC(C)(C)C)CC2)nn1-c1c(Cl)cccc1Cl. The standard InChI is InChI=1S/C21H27Cl2N5O3/c1-5-16-25-18(26-28(16)17-14(22)7-6-8-15(17)23)19(29)27-11-9-13(10-12-27)24-20(30)31-21(2,3)4/h6-8,13H,5,9-12H2,1-4H3,(H,24,30). The molecule has 2 amide bonds. The summed E-state index contributed by atoms with van der Waals surface area (Å²) in [6.07, 6.45) is 1.37. The molecule has 0 bridgehead atoms. The molecule has 3 rings (SSSR count). The van der Waals surface area contributed by atoms with E-state index in [1.807, 2.05) is 27.7 Å². The number of carbonyl (C=O) groups excluding carboxylic acids is 2. The predicted molar refractivity (Wildman–Crippen MR) is 119 cm³/mol. The highest BCUT2D eigenvalue weighted by atomic mass is 35.5. The number of ether oxygens (including phenoxy) is 1. The molecule has 1 fully saturated rings. The summed E-state index contributed by atoms with van der Waals surface area (Å²) in [6.45, 7) is 8.36. The van der Waals surface area contributed by atoms with Crippen molar-refractivity contribution in [2.75, 3.05) is 13.1 Å². The Balaban J connectivity index is 1.68. The predicted octanol–water partition coefficient (Wildman–Crippen LogP) is 4.27. The number of benzene rings is 1. The second-order valence-corrected chi connectivity index (χ2v) is 9.21. The van der Waals surface area contributed by atoms with Gasteiger partial charge in [0, 0.05) is 25.6 Å². The van der Waals surface area contributed by atoms with Crippen molar-refractivity contribution < 1.29 is 14.3 Å². The fourth-order valence-corrected chi connectivity index (χ4v) is 3.93. The highest BCUT2D eigenvalue weighted by Gasteiger charge is 2.29. The molecule has 0 radical (unpaired) electrons. The highest BCUT2D eigenvalue weighted by Crippen LogP contribution is 2.29. The lowest BCUT2D eigenvalue weighted by atomic mass is 10.1. The van der Waals surface area contributed by atoms with E-state index in [0.29, 0.717) is 53.9 Å². The van der Waals surface area contributed by atoms with Crippen LogP contribution < -0.4 is 5.32 Å². The summed E-state index contributed by atoms with van der Waals surface area (Å²) < 4.78 is 6.84. The third kappa shape index (κ3) is 5.68. The number of carbonyl (C=O) groups is 2. The molecule has 1 aromatic heterocycles. The second kappa shape index (κ2) is 9.44. The first-order valence-electron chi connectivity index (χ1n) is 10.3. The Morgan fingerprint density at radius 3 is 2.35 bits per heavy atom. The average Bonchev–Trinajstić information content (AvgIpc) is 3.10. The third-order valence-corrected chi connectivity index (χ3v) is 5.44. The largest absolute Gasteiger partial charge is 0.444 e. The zero-order valence-corrected chi connectivity index (χ0v) is 19.6. The minimum Gasteiger partial charge on any atom is -0.444 e. The fourth-order valence-electron chi connectivity index (χ4n) is 3.38. The van der Waals surface area contributed by atoms with E-state index in [0.717, 1.165) is 0 Å². The molecule has 10 heteroatoms. The minimum atomic E-state index is -0.549. The van der Waals surface area contributed by atoms with Crippen molar-refractivity contribution in [1.82, 2.24) is 25.0 Å². The smallest absolute Gasteiger partial charge is 0.407 e. The summed E-state index contributed by atoms with van der Waals surface area (Å²) in [4.78, 5) is 31.1. The van der Waals surface area contributed by atoms with Crippen molar-refractivity contribution in [3.8, 4) is 5.69 Å². The van der Waals surface area contributed by atoms with Crippen LogP contribution >= 0.6 is 23.2 Å². The summed E-state index contributed by atoms with van der Waals surface area (Å²) >= 11 is 12.6. The van der Waals surface area contributed by atoms with Crippen molar-refractivity contribution in [2.24, 2.45) is 0 Å². The van der Waals surface area contributed by atoms with Crippen LogP contribution in [0.2, 0.25) is 10.0 Å². The molecule has 1 saturated heterocycles. The summed E-state index contributed by atoms with van der Waals surface area (Å²) in [7, 11) is 0. The van der Waals surface area contributed by atoms with E-state index in [1.54, 1.807) is 23.1 Å². The second-order valence-electron chi connectivity index (χ2n) is 8.40. The summed E-state index contributed by atoms with van der Waals surface area (Å²) in [5.74, 6) is 0.443. The minimum absolute atomic E-state index is 0.0439. The normalized spacial score (nSPS) is 15.1. The maximum atomic E-state index is 13.0. The molecule has 0 saturated carbocycles.